The molecule has 23 heavy (non-hydrogen) atoms. The molecule has 7 heteroatoms. The SMILES string of the molecule is COCCN(Cc1nc2ccccc2o1)C(=O)CCC(=O)OC. The smallest absolute Gasteiger partial charge is 0.306 e. The molecule has 0 atom stereocenters. The standard InChI is InChI=1S/C16H20N2O5/c1-21-10-9-18(15(19)7-8-16(20)22-2)11-14-17-12-5-3-4-6-13(12)23-14/h3-6H,7-11H2,1-2H3. The van der Waals surface area contributed by atoms with Gasteiger partial charge >= 0.3 is 5.97 Å². The van der Waals surface area contributed by atoms with E-state index in [2.05, 4.69) is 9.72 Å². The number of benzene rings is 1. The number of methoxy groups -OCH3 is 2. The molecule has 0 aliphatic heterocycles. The molecule has 0 N–H and O–H groups in total. The number of hydrogen-bond acceptors (Lipinski definition) is 6. The van der Waals surface area contributed by atoms with Crippen LogP contribution in [0.1, 0.15) is 18.7 Å². The van der Waals surface area contributed by atoms with Crippen LogP contribution in [0.15, 0.2) is 28.7 Å². The maximum atomic E-state index is 12.3. The van der Waals surface area contributed by atoms with Gasteiger partial charge in [0.25, 0.3) is 0 Å². The van der Waals surface area contributed by atoms with Crippen molar-refractivity contribution < 1.29 is 23.5 Å². The summed E-state index contributed by atoms with van der Waals surface area (Å²) in [5.41, 5.74) is 1.42. The van der Waals surface area contributed by atoms with E-state index in [0.717, 1.165) is 5.52 Å². The van der Waals surface area contributed by atoms with E-state index in [4.69, 9.17) is 9.15 Å². The van der Waals surface area contributed by atoms with Crippen LogP contribution in [-0.2, 0) is 25.6 Å². The molecule has 0 saturated carbocycles. The van der Waals surface area contributed by atoms with Crippen LogP contribution in [0.4, 0.5) is 0 Å². The van der Waals surface area contributed by atoms with E-state index in [1.54, 1.807) is 12.0 Å². The van der Waals surface area contributed by atoms with Crippen molar-refractivity contribution in [1.29, 1.82) is 0 Å². The summed E-state index contributed by atoms with van der Waals surface area (Å²) in [6.07, 6.45) is 0.128. The van der Waals surface area contributed by atoms with Gasteiger partial charge in [0.05, 0.1) is 26.7 Å². The minimum absolute atomic E-state index is 0.0480. The third-order valence-corrected chi connectivity index (χ3v) is 3.35. The summed E-state index contributed by atoms with van der Waals surface area (Å²) < 4.78 is 15.2. The lowest BCUT2D eigenvalue weighted by Crippen LogP contribution is -2.33. The van der Waals surface area contributed by atoms with E-state index in [9.17, 15) is 9.59 Å². The van der Waals surface area contributed by atoms with Gasteiger partial charge in [-0.25, -0.2) is 4.98 Å². The van der Waals surface area contributed by atoms with Crippen molar-refractivity contribution in [2.75, 3.05) is 27.4 Å². The van der Waals surface area contributed by atoms with Crippen molar-refractivity contribution in [2.45, 2.75) is 19.4 Å². The van der Waals surface area contributed by atoms with Crippen LogP contribution in [0.3, 0.4) is 0 Å². The van der Waals surface area contributed by atoms with E-state index in [-0.39, 0.29) is 25.3 Å². The number of amides is 1. The average Bonchev–Trinajstić information content (AvgIpc) is 2.98. The Kier molecular flexibility index (Phi) is 6.10. The number of hydrogen-bond donors (Lipinski definition) is 0. The van der Waals surface area contributed by atoms with Gasteiger partial charge in [-0.3, -0.25) is 9.59 Å². The van der Waals surface area contributed by atoms with Gasteiger partial charge in [-0.15, -0.1) is 0 Å². The maximum absolute atomic E-state index is 12.3. The fourth-order valence-electron chi connectivity index (χ4n) is 2.11. The Morgan fingerprint density at radius 3 is 2.70 bits per heavy atom. The van der Waals surface area contributed by atoms with Crippen molar-refractivity contribution in [3.05, 3.63) is 30.2 Å². The van der Waals surface area contributed by atoms with Crippen molar-refractivity contribution in [3.8, 4) is 0 Å². The van der Waals surface area contributed by atoms with Crippen molar-refractivity contribution >= 4 is 23.0 Å². The Morgan fingerprint density at radius 2 is 2.00 bits per heavy atom. The second kappa shape index (κ2) is 8.28. The number of carbonyl (C=O) groups is 2. The van der Waals surface area contributed by atoms with Crippen LogP contribution in [0.5, 0.6) is 0 Å². The topological polar surface area (TPSA) is 81.9 Å². The maximum Gasteiger partial charge on any atom is 0.306 e. The summed E-state index contributed by atoms with van der Waals surface area (Å²) in [6.45, 7) is 1.03. The molecule has 1 aromatic carbocycles. The molecule has 0 radical (unpaired) electrons. The first kappa shape index (κ1) is 17.0. The largest absolute Gasteiger partial charge is 0.469 e. The lowest BCUT2D eigenvalue weighted by Gasteiger charge is -2.20. The molecule has 0 aliphatic carbocycles. The van der Waals surface area contributed by atoms with Crippen molar-refractivity contribution in [2.24, 2.45) is 0 Å². The monoisotopic (exact) mass is 320 g/mol. The number of oxazole rings is 1. The summed E-state index contributed by atoms with van der Waals surface area (Å²) >= 11 is 0. The normalized spacial score (nSPS) is 10.7. The zero-order valence-electron chi connectivity index (χ0n) is 13.3. The summed E-state index contributed by atoms with van der Waals surface area (Å²) in [5.74, 6) is -0.129. The second-order valence-electron chi connectivity index (χ2n) is 4.96. The fourth-order valence-corrected chi connectivity index (χ4v) is 2.11. The molecule has 1 amide bonds. The first-order chi connectivity index (χ1) is 11.1. The van der Waals surface area contributed by atoms with Crippen LogP contribution < -0.4 is 0 Å². The zero-order valence-corrected chi connectivity index (χ0v) is 13.3. The second-order valence-corrected chi connectivity index (χ2v) is 4.96. The molecule has 2 rings (SSSR count). The lowest BCUT2D eigenvalue weighted by atomic mass is 10.2. The number of nitrogens with zero attached hydrogens (tertiary/aromatic N) is 2. The van der Waals surface area contributed by atoms with E-state index in [1.807, 2.05) is 24.3 Å². The molecule has 0 bridgehead atoms. The molecule has 1 aromatic heterocycles. The highest BCUT2D eigenvalue weighted by molar-refractivity contribution is 5.81. The molecule has 0 fully saturated rings. The van der Waals surface area contributed by atoms with Gasteiger partial charge in [-0.2, -0.15) is 0 Å². The van der Waals surface area contributed by atoms with Crippen molar-refractivity contribution in [1.82, 2.24) is 9.88 Å². The minimum Gasteiger partial charge on any atom is -0.469 e. The number of rotatable bonds is 8. The van der Waals surface area contributed by atoms with Crippen LogP contribution in [0.2, 0.25) is 0 Å². The van der Waals surface area contributed by atoms with Crippen LogP contribution in [0, 0.1) is 0 Å². The number of para-hydroxylation sites is 2. The molecule has 124 valence electrons. The van der Waals surface area contributed by atoms with Crippen LogP contribution in [-0.4, -0.2) is 49.1 Å². The Bertz CT molecular complexity index is 634. The first-order valence-corrected chi connectivity index (χ1v) is 7.32. The molecule has 0 saturated heterocycles. The third-order valence-electron chi connectivity index (χ3n) is 3.35. The van der Waals surface area contributed by atoms with Gasteiger partial charge < -0.3 is 18.8 Å². The van der Waals surface area contributed by atoms with Crippen molar-refractivity contribution in [3.63, 3.8) is 0 Å². The van der Waals surface area contributed by atoms with E-state index in [0.29, 0.717) is 24.6 Å². The van der Waals surface area contributed by atoms with Gasteiger partial charge in [0.1, 0.15) is 5.52 Å². The predicted molar refractivity (Wildman–Crippen MR) is 82.6 cm³/mol. The molecule has 0 unspecified atom stereocenters. The average molecular weight is 320 g/mol. The fraction of sp³-hybridized carbons (Fsp3) is 0.438. The van der Waals surface area contributed by atoms with E-state index < -0.39 is 5.97 Å². The van der Waals surface area contributed by atoms with Gasteiger partial charge in [0, 0.05) is 20.1 Å². The quantitative estimate of drug-likeness (QED) is 0.689. The first-order valence-electron chi connectivity index (χ1n) is 7.32. The lowest BCUT2D eigenvalue weighted by molar-refractivity contribution is -0.144. The molecular formula is C16H20N2O5. The Labute approximate surface area is 134 Å². The molecule has 2 aromatic rings. The third kappa shape index (κ3) is 4.79. The summed E-state index contributed by atoms with van der Waals surface area (Å²) in [4.78, 5) is 29.4. The zero-order chi connectivity index (χ0) is 16.7. The molecule has 0 aliphatic rings. The summed E-state index contributed by atoms with van der Waals surface area (Å²) in [7, 11) is 2.87. The molecule has 0 spiro atoms. The highest BCUT2D eigenvalue weighted by Crippen LogP contribution is 2.16. The Hall–Kier alpha value is -2.41. The molecule has 1 heterocycles. The highest BCUT2D eigenvalue weighted by atomic mass is 16.5. The number of aromatic nitrogens is 1. The van der Waals surface area contributed by atoms with E-state index in [1.165, 1.54) is 7.11 Å². The Balaban J connectivity index is 2.04. The number of ether oxygens (including phenoxy) is 2. The Morgan fingerprint density at radius 1 is 1.22 bits per heavy atom. The van der Waals surface area contributed by atoms with Gasteiger partial charge in [0.2, 0.25) is 11.8 Å². The van der Waals surface area contributed by atoms with Gasteiger partial charge in [-0.05, 0) is 12.1 Å². The van der Waals surface area contributed by atoms with Crippen LogP contribution in [0.25, 0.3) is 11.1 Å². The minimum atomic E-state index is -0.410. The van der Waals surface area contributed by atoms with Gasteiger partial charge in [0.15, 0.2) is 5.58 Å². The van der Waals surface area contributed by atoms with Gasteiger partial charge in [-0.1, -0.05) is 12.1 Å². The summed E-state index contributed by atoms with van der Waals surface area (Å²) in [5, 5.41) is 0. The van der Waals surface area contributed by atoms with E-state index >= 15 is 0 Å². The highest BCUT2D eigenvalue weighted by Gasteiger charge is 2.18. The molecular weight excluding hydrogens is 300 g/mol. The predicted octanol–water partition coefficient (Wildman–Crippen LogP) is 1.76. The van der Waals surface area contributed by atoms with Crippen LogP contribution >= 0.6 is 0 Å². The molecule has 7 nitrogen and oxygen atoms in total. The number of esters is 1. The number of carbonyl (C=O) groups excluding carboxylic acids is 2. The summed E-state index contributed by atoms with van der Waals surface area (Å²) in [6, 6.07) is 7.41. The number of fused-ring (bicyclic) bond motifs is 1.